The van der Waals surface area contributed by atoms with Crippen LogP contribution in [0.3, 0.4) is 0 Å². The molecule has 8 heteroatoms. The van der Waals surface area contributed by atoms with Crippen molar-refractivity contribution in [3.05, 3.63) is 82.9 Å². The summed E-state index contributed by atoms with van der Waals surface area (Å²) < 4.78 is 3.44. The molecule has 0 radical (unpaired) electrons. The second-order valence-corrected chi connectivity index (χ2v) is 8.51. The molecule has 0 fully saturated rings. The highest BCUT2D eigenvalue weighted by atomic mass is 32.2. The molecule has 1 atom stereocenters. The summed E-state index contributed by atoms with van der Waals surface area (Å²) in [5.74, 6) is 0.701. The molecule has 0 N–H and O–H groups in total. The molecule has 0 aliphatic rings. The van der Waals surface area contributed by atoms with E-state index in [1.54, 1.807) is 9.25 Å². The minimum atomic E-state index is -0.113. The van der Waals surface area contributed by atoms with Crippen LogP contribution in [0, 0.1) is 0 Å². The largest absolute Gasteiger partial charge is 0.287 e. The lowest BCUT2D eigenvalue weighted by Gasteiger charge is -2.15. The summed E-state index contributed by atoms with van der Waals surface area (Å²) >= 11 is 1.48. The fraction of sp³-hybridized carbons (Fsp3) is 0.174. The molecule has 0 aliphatic heterocycles. The Hall–Kier alpha value is -3.52. The normalized spacial score (nSPS) is 12.5. The summed E-state index contributed by atoms with van der Waals surface area (Å²) in [6.07, 6.45) is 0. The van der Waals surface area contributed by atoms with Crippen LogP contribution in [0.1, 0.15) is 24.9 Å². The van der Waals surface area contributed by atoms with Crippen LogP contribution in [0.25, 0.3) is 27.4 Å². The smallest absolute Gasteiger partial charge is 0.262 e. The maximum atomic E-state index is 13.2. The van der Waals surface area contributed by atoms with Gasteiger partial charge in [-0.15, -0.1) is 5.10 Å². The highest BCUT2D eigenvalue weighted by molar-refractivity contribution is 7.99. The van der Waals surface area contributed by atoms with Crippen molar-refractivity contribution in [3.8, 4) is 5.69 Å². The summed E-state index contributed by atoms with van der Waals surface area (Å²) in [5.41, 5.74) is 1.56. The third-order valence-corrected chi connectivity index (χ3v) is 6.33. The summed E-state index contributed by atoms with van der Waals surface area (Å²) in [7, 11) is 0. The molecule has 2 heterocycles. The number of tetrazole rings is 1. The molecule has 154 valence electrons. The molecule has 0 bridgehead atoms. The first-order valence-corrected chi connectivity index (χ1v) is 11.0. The van der Waals surface area contributed by atoms with E-state index in [2.05, 4.69) is 15.5 Å². The molecule has 31 heavy (non-hydrogen) atoms. The Labute approximate surface area is 182 Å². The number of hydrogen-bond acceptors (Lipinski definition) is 6. The molecule has 3 aromatic carbocycles. The van der Waals surface area contributed by atoms with Crippen molar-refractivity contribution in [1.82, 2.24) is 29.8 Å². The number of rotatable bonds is 5. The van der Waals surface area contributed by atoms with Crippen LogP contribution in [-0.2, 0) is 6.54 Å². The number of aromatic nitrogens is 6. The first kappa shape index (κ1) is 19.4. The SMILES string of the molecule is CCn1c(S[C@@H](C)c2nnnn2-c2ccccc2)nc2cc3ccccc3cc2c1=O. The van der Waals surface area contributed by atoms with E-state index in [0.29, 0.717) is 28.4 Å². The van der Waals surface area contributed by atoms with Gasteiger partial charge >= 0.3 is 0 Å². The molecule has 0 aliphatic carbocycles. The summed E-state index contributed by atoms with van der Waals surface area (Å²) in [6.45, 7) is 4.51. The Kier molecular flexibility index (Phi) is 4.99. The van der Waals surface area contributed by atoms with Crippen LogP contribution in [0.15, 0.2) is 76.7 Å². The minimum absolute atomic E-state index is 0.0318. The van der Waals surface area contributed by atoms with Gasteiger partial charge in [0.1, 0.15) is 0 Å². The van der Waals surface area contributed by atoms with Gasteiger partial charge in [-0.05, 0) is 59.3 Å². The second-order valence-electron chi connectivity index (χ2n) is 7.20. The molecule has 5 aromatic rings. The zero-order chi connectivity index (χ0) is 21.4. The van der Waals surface area contributed by atoms with Gasteiger partial charge in [0.25, 0.3) is 5.56 Å². The van der Waals surface area contributed by atoms with Gasteiger partial charge in [0.05, 0.1) is 21.8 Å². The Morgan fingerprint density at radius 1 is 1.00 bits per heavy atom. The molecule has 0 amide bonds. The van der Waals surface area contributed by atoms with Gasteiger partial charge in [0, 0.05) is 6.54 Å². The quantitative estimate of drug-likeness (QED) is 0.235. The van der Waals surface area contributed by atoms with E-state index in [0.717, 1.165) is 16.5 Å². The Morgan fingerprint density at radius 2 is 1.71 bits per heavy atom. The predicted molar refractivity (Wildman–Crippen MR) is 123 cm³/mol. The highest BCUT2D eigenvalue weighted by Crippen LogP contribution is 2.33. The topological polar surface area (TPSA) is 78.5 Å². The number of fused-ring (bicyclic) bond motifs is 2. The minimum Gasteiger partial charge on any atom is -0.287 e. The lowest BCUT2D eigenvalue weighted by atomic mass is 10.1. The lowest BCUT2D eigenvalue weighted by molar-refractivity contribution is 0.632. The fourth-order valence-electron chi connectivity index (χ4n) is 3.67. The maximum Gasteiger partial charge on any atom is 0.262 e. The van der Waals surface area contributed by atoms with Gasteiger partial charge < -0.3 is 0 Å². The molecule has 0 unspecified atom stereocenters. The molecular weight excluding hydrogens is 408 g/mol. The number of benzene rings is 3. The van der Waals surface area contributed by atoms with Crippen LogP contribution >= 0.6 is 11.8 Å². The molecule has 0 saturated carbocycles. The maximum absolute atomic E-state index is 13.2. The van der Waals surface area contributed by atoms with E-state index in [-0.39, 0.29) is 10.8 Å². The van der Waals surface area contributed by atoms with Gasteiger partial charge in [-0.25, -0.2) is 4.98 Å². The third-order valence-electron chi connectivity index (χ3n) is 5.24. The molecule has 2 aromatic heterocycles. The van der Waals surface area contributed by atoms with Crippen molar-refractivity contribution >= 4 is 33.4 Å². The fourth-order valence-corrected chi connectivity index (χ4v) is 4.73. The highest BCUT2D eigenvalue weighted by Gasteiger charge is 2.20. The Balaban J connectivity index is 1.58. The van der Waals surface area contributed by atoms with Crippen molar-refractivity contribution in [1.29, 1.82) is 0 Å². The molecule has 5 rings (SSSR count). The van der Waals surface area contributed by atoms with E-state index in [1.807, 2.05) is 80.6 Å². The van der Waals surface area contributed by atoms with E-state index in [4.69, 9.17) is 4.98 Å². The first-order valence-electron chi connectivity index (χ1n) is 10.1. The summed E-state index contributed by atoms with van der Waals surface area (Å²) in [6, 6.07) is 21.7. The van der Waals surface area contributed by atoms with E-state index < -0.39 is 0 Å². The number of hydrogen-bond donors (Lipinski definition) is 0. The van der Waals surface area contributed by atoms with Gasteiger partial charge in [0.2, 0.25) is 0 Å². The number of thioether (sulfide) groups is 1. The summed E-state index contributed by atoms with van der Waals surface area (Å²) in [5, 5.41) is 15.5. The van der Waals surface area contributed by atoms with Gasteiger partial charge in [-0.2, -0.15) is 4.68 Å². The van der Waals surface area contributed by atoms with Crippen molar-refractivity contribution in [3.63, 3.8) is 0 Å². The second kappa shape index (κ2) is 7.96. The average Bonchev–Trinajstić information content (AvgIpc) is 3.29. The zero-order valence-corrected chi connectivity index (χ0v) is 18.0. The number of nitrogens with zero attached hydrogens (tertiary/aromatic N) is 6. The average molecular weight is 429 g/mol. The molecule has 7 nitrogen and oxygen atoms in total. The van der Waals surface area contributed by atoms with E-state index in [9.17, 15) is 4.79 Å². The van der Waals surface area contributed by atoms with Crippen molar-refractivity contribution in [2.75, 3.05) is 0 Å². The van der Waals surface area contributed by atoms with Crippen molar-refractivity contribution in [2.24, 2.45) is 0 Å². The van der Waals surface area contributed by atoms with Gasteiger partial charge in [-0.1, -0.05) is 54.2 Å². The molecular formula is C23H20N6OS. The third kappa shape index (κ3) is 3.48. The Bertz CT molecular complexity index is 1440. The van der Waals surface area contributed by atoms with E-state index >= 15 is 0 Å². The van der Waals surface area contributed by atoms with E-state index in [1.165, 1.54) is 11.8 Å². The molecule has 0 saturated heterocycles. The van der Waals surface area contributed by atoms with Crippen LogP contribution in [-0.4, -0.2) is 29.8 Å². The van der Waals surface area contributed by atoms with Crippen LogP contribution in [0.5, 0.6) is 0 Å². The Morgan fingerprint density at radius 3 is 2.45 bits per heavy atom. The first-order chi connectivity index (χ1) is 15.2. The van der Waals surface area contributed by atoms with Gasteiger partial charge in [0.15, 0.2) is 11.0 Å². The van der Waals surface area contributed by atoms with Crippen LogP contribution in [0.2, 0.25) is 0 Å². The van der Waals surface area contributed by atoms with Crippen molar-refractivity contribution < 1.29 is 0 Å². The predicted octanol–water partition coefficient (Wildman–Crippen LogP) is 4.40. The number of para-hydroxylation sites is 1. The van der Waals surface area contributed by atoms with Gasteiger partial charge in [-0.3, -0.25) is 9.36 Å². The summed E-state index contributed by atoms with van der Waals surface area (Å²) in [4.78, 5) is 18.1. The van der Waals surface area contributed by atoms with Crippen molar-refractivity contribution in [2.45, 2.75) is 30.8 Å². The zero-order valence-electron chi connectivity index (χ0n) is 17.1. The standard InChI is InChI=1S/C23H20N6OS/c1-3-28-22(30)19-13-16-9-7-8-10-17(16)14-20(19)24-23(28)31-15(2)21-25-26-27-29(21)18-11-5-4-6-12-18/h4-15H,3H2,1-2H3/t15-/m0/s1. The lowest BCUT2D eigenvalue weighted by Crippen LogP contribution is -2.22. The van der Waals surface area contributed by atoms with Crippen LogP contribution in [0.4, 0.5) is 0 Å². The monoisotopic (exact) mass is 428 g/mol. The van der Waals surface area contributed by atoms with Crippen LogP contribution < -0.4 is 5.56 Å². The molecule has 0 spiro atoms.